The molecule has 0 aliphatic carbocycles. The minimum absolute atomic E-state index is 0.655. The first-order valence-electron chi connectivity index (χ1n) is 17.5. The van der Waals surface area contributed by atoms with E-state index in [1.54, 1.807) is 0 Å². The molecule has 0 unspecified atom stereocenters. The molecule has 0 atom stereocenters. The second kappa shape index (κ2) is 11.4. The Kier molecular flexibility index (Phi) is 6.39. The highest BCUT2D eigenvalue weighted by Crippen LogP contribution is 2.46. The fraction of sp³-hybridized carbons (Fsp3) is 0. The molecule has 0 saturated heterocycles. The van der Waals surface area contributed by atoms with Gasteiger partial charge in [-0.3, -0.25) is 0 Å². The second-order valence-electron chi connectivity index (χ2n) is 13.2. The second-order valence-corrected chi connectivity index (χ2v) is 14.2. The normalized spacial score (nSPS) is 11.8. The maximum absolute atomic E-state index is 5.17. The molecular formula is C47H28N4S. The average Bonchev–Trinajstić information content (AvgIpc) is 3.78. The molecule has 8 aromatic carbocycles. The van der Waals surface area contributed by atoms with Crippen molar-refractivity contribution < 1.29 is 0 Å². The summed E-state index contributed by atoms with van der Waals surface area (Å²) in [5.74, 6) is 1.97. The minimum Gasteiger partial charge on any atom is -0.308 e. The highest BCUT2D eigenvalue weighted by atomic mass is 32.1. The van der Waals surface area contributed by atoms with E-state index in [1.165, 1.54) is 58.1 Å². The zero-order valence-electron chi connectivity index (χ0n) is 27.9. The third-order valence-electron chi connectivity index (χ3n) is 10.2. The number of hydrogen-bond donors (Lipinski definition) is 0. The smallest absolute Gasteiger partial charge is 0.164 e. The topological polar surface area (TPSA) is 43.6 Å². The van der Waals surface area contributed by atoms with Crippen LogP contribution in [-0.4, -0.2) is 19.5 Å². The van der Waals surface area contributed by atoms with Crippen molar-refractivity contribution >= 4 is 74.9 Å². The fourth-order valence-corrected chi connectivity index (χ4v) is 9.15. The van der Waals surface area contributed by atoms with E-state index in [9.17, 15) is 0 Å². The summed E-state index contributed by atoms with van der Waals surface area (Å²) in [4.78, 5) is 15.3. The van der Waals surface area contributed by atoms with Crippen molar-refractivity contribution in [3.8, 4) is 39.9 Å². The van der Waals surface area contributed by atoms with Gasteiger partial charge in [-0.2, -0.15) is 0 Å². The molecule has 52 heavy (non-hydrogen) atoms. The van der Waals surface area contributed by atoms with Gasteiger partial charge in [0, 0.05) is 42.9 Å². The van der Waals surface area contributed by atoms with E-state index in [0.717, 1.165) is 27.8 Å². The molecule has 0 aliphatic heterocycles. The number of rotatable bonds is 4. The number of hydrogen-bond acceptors (Lipinski definition) is 4. The van der Waals surface area contributed by atoms with E-state index < -0.39 is 0 Å². The van der Waals surface area contributed by atoms with Gasteiger partial charge in [0.05, 0.1) is 21.4 Å². The summed E-state index contributed by atoms with van der Waals surface area (Å²) in [5, 5.41) is 9.90. The van der Waals surface area contributed by atoms with Gasteiger partial charge in [-0.25, -0.2) is 15.0 Å². The first-order chi connectivity index (χ1) is 25.8. The van der Waals surface area contributed by atoms with E-state index in [2.05, 4.69) is 138 Å². The van der Waals surface area contributed by atoms with Crippen LogP contribution in [0.1, 0.15) is 0 Å². The van der Waals surface area contributed by atoms with Gasteiger partial charge >= 0.3 is 0 Å². The van der Waals surface area contributed by atoms with Crippen molar-refractivity contribution in [2.24, 2.45) is 0 Å². The van der Waals surface area contributed by atoms with Crippen LogP contribution >= 0.6 is 11.3 Å². The first-order valence-corrected chi connectivity index (χ1v) is 18.3. The molecule has 11 aromatic rings. The largest absolute Gasteiger partial charge is 0.308 e. The molecule has 0 bridgehead atoms. The Bertz CT molecular complexity index is 3030. The number of nitrogens with zero attached hydrogens (tertiary/aromatic N) is 4. The summed E-state index contributed by atoms with van der Waals surface area (Å²) in [6.07, 6.45) is 0. The third-order valence-corrected chi connectivity index (χ3v) is 11.4. The van der Waals surface area contributed by atoms with Gasteiger partial charge in [0.15, 0.2) is 17.5 Å². The maximum Gasteiger partial charge on any atom is 0.164 e. The van der Waals surface area contributed by atoms with Crippen molar-refractivity contribution in [2.45, 2.75) is 0 Å². The third kappa shape index (κ3) is 4.36. The summed E-state index contributed by atoms with van der Waals surface area (Å²) in [5.41, 5.74) is 6.42. The lowest BCUT2D eigenvalue weighted by Gasteiger charge is -2.13. The molecule has 0 saturated carbocycles. The Morgan fingerprint density at radius 3 is 1.48 bits per heavy atom. The predicted molar refractivity (Wildman–Crippen MR) is 218 cm³/mol. The lowest BCUT2D eigenvalue weighted by molar-refractivity contribution is 1.08. The van der Waals surface area contributed by atoms with Crippen LogP contribution in [0.25, 0.3) is 103 Å². The minimum atomic E-state index is 0.655. The van der Waals surface area contributed by atoms with Gasteiger partial charge in [-0.05, 0) is 51.9 Å². The predicted octanol–water partition coefficient (Wildman–Crippen LogP) is 12.6. The highest BCUT2D eigenvalue weighted by Gasteiger charge is 2.23. The first kappa shape index (κ1) is 29.1. The lowest BCUT2D eigenvalue weighted by atomic mass is 10.00. The molecule has 0 N–H and O–H groups in total. The van der Waals surface area contributed by atoms with Crippen molar-refractivity contribution in [2.75, 3.05) is 0 Å². The molecule has 11 rings (SSSR count). The number of fused-ring (bicyclic) bond motifs is 10. The lowest BCUT2D eigenvalue weighted by Crippen LogP contribution is -2.01. The average molecular weight is 681 g/mol. The van der Waals surface area contributed by atoms with E-state index in [4.69, 9.17) is 15.0 Å². The van der Waals surface area contributed by atoms with Gasteiger partial charge in [-0.1, -0.05) is 140 Å². The summed E-state index contributed by atoms with van der Waals surface area (Å²) in [6, 6.07) is 60.2. The zero-order chi connectivity index (χ0) is 34.2. The maximum atomic E-state index is 5.17. The van der Waals surface area contributed by atoms with Crippen LogP contribution in [0.5, 0.6) is 0 Å². The molecule has 4 nitrogen and oxygen atoms in total. The number of thiophene rings is 1. The zero-order valence-corrected chi connectivity index (χ0v) is 28.7. The van der Waals surface area contributed by atoms with E-state index >= 15 is 0 Å². The van der Waals surface area contributed by atoms with Crippen LogP contribution in [0.2, 0.25) is 0 Å². The molecule has 0 radical (unpaired) electrons. The van der Waals surface area contributed by atoms with Gasteiger partial charge in [0.25, 0.3) is 0 Å². The summed E-state index contributed by atoms with van der Waals surface area (Å²) in [7, 11) is 0. The Labute approximate surface area is 302 Å². The number of aromatic nitrogens is 4. The Hall–Kier alpha value is -6.69. The monoisotopic (exact) mass is 680 g/mol. The summed E-state index contributed by atoms with van der Waals surface area (Å²) >= 11 is 1.83. The number of benzene rings is 8. The molecule has 0 fully saturated rings. The van der Waals surface area contributed by atoms with Crippen molar-refractivity contribution in [3.63, 3.8) is 0 Å². The SMILES string of the molecule is c1ccc(-c2nc(-c3ccccc3)nc(-c3ccc(-n4c5ccc6ccccc6c5c5c6ccccc6ccc54)c4sc5ccccc5c34)n2)cc1. The Morgan fingerprint density at radius 2 is 0.885 bits per heavy atom. The quantitative estimate of drug-likeness (QED) is 0.186. The van der Waals surface area contributed by atoms with Crippen LogP contribution in [0, 0.1) is 0 Å². The van der Waals surface area contributed by atoms with Crippen molar-refractivity contribution in [3.05, 3.63) is 170 Å². The van der Waals surface area contributed by atoms with Crippen molar-refractivity contribution in [1.82, 2.24) is 19.5 Å². The molecule has 0 spiro atoms. The van der Waals surface area contributed by atoms with Gasteiger partial charge in [0.2, 0.25) is 0 Å². The van der Waals surface area contributed by atoms with Gasteiger partial charge in [-0.15, -0.1) is 11.3 Å². The molecule has 5 heteroatoms. The van der Waals surface area contributed by atoms with E-state index in [-0.39, 0.29) is 0 Å². The Morgan fingerprint density at radius 1 is 0.385 bits per heavy atom. The standard InChI is InChI=1S/C47H28N4S/c1-3-15-31(16-4-1)45-48-46(32-17-5-2-6-18-32)50-47(49-45)36-25-28-39(44-41(36)35-21-11-12-22-40(35)52-44)51-37-26-23-29-13-7-9-19-33(29)42(37)43-34-20-10-8-14-30(34)24-27-38(43)51/h1-28H. The van der Waals surface area contributed by atoms with Crippen LogP contribution in [0.15, 0.2) is 170 Å². The molecule has 242 valence electrons. The van der Waals surface area contributed by atoms with E-state index in [1.807, 2.05) is 47.7 Å². The van der Waals surface area contributed by atoms with Crippen LogP contribution in [-0.2, 0) is 0 Å². The molecule has 3 aromatic heterocycles. The fourth-order valence-electron chi connectivity index (χ4n) is 7.91. The summed E-state index contributed by atoms with van der Waals surface area (Å²) < 4.78 is 4.90. The summed E-state index contributed by atoms with van der Waals surface area (Å²) in [6.45, 7) is 0. The van der Waals surface area contributed by atoms with Crippen LogP contribution in [0.4, 0.5) is 0 Å². The molecule has 3 heterocycles. The molecular weight excluding hydrogens is 653 g/mol. The van der Waals surface area contributed by atoms with Crippen LogP contribution in [0.3, 0.4) is 0 Å². The van der Waals surface area contributed by atoms with Crippen molar-refractivity contribution in [1.29, 1.82) is 0 Å². The molecule has 0 aliphatic rings. The van der Waals surface area contributed by atoms with Gasteiger partial charge < -0.3 is 4.57 Å². The van der Waals surface area contributed by atoms with Crippen LogP contribution < -0.4 is 0 Å². The van der Waals surface area contributed by atoms with E-state index in [0.29, 0.717) is 17.5 Å². The Balaban J connectivity index is 1.25. The van der Waals surface area contributed by atoms with Gasteiger partial charge in [0.1, 0.15) is 0 Å². The highest BCUT2D eigenvalue weighted by molar-refractivity contribution is 7.26. The molecule has 0 amide bonds.